The summed E-state index contributed by atoms with van der Waals surface area (Å²) in [5.41, 5.74) is 1.00. The molecule has 1 heterocycles. The summed E-state index contributed by atoms with van der Waals surface area (Å²) >= 11 is 0. The number of methoxy groups -OCH3 is 2. The van der Waals surface area contributed by atoms with E-state index in [2.05, 4.69) is 18.8 Å². The smallest absolute Gasteiger partial charge is 0.234 e. The highest BCUT2D eigenvalue weighted by Gasteiger charge is 2.45. The van der Waals surface area contributed by atoms with Gasteiger partial charge in [-0.2, -0.15) is 0 Å². The number of ether oxygens (including phenoxy) is 2. The van der Waals surface area contributed by atoms with Crippen LogP contribution < -0.4 is 9.64 Å². The number of aromatic nitrogens is 1. The van der Waals surface area contributed by atoms with Gasteiger partial charge in [0, 0.05) is 49.9 Å². The first kappa shape index (κ1) is 27.1. The Labute approximate surface area is 215 Å². The predicted molar refractivity (Wildman–Crippen MR) is 139 cm³/mol. The number of amides is 1. The van der Waals surface area contributed by atoms with Crippen LogP contribution in [0.25, 0.3) is 0 Å². The van der Waals surface area contributed by atoms with Crippen molar-refractivity contribution >= 4 is 17.5 Å². The molecule has 3 fully saturated rings. The van der Waals surface area contributed by atoms with E-state index in [0.29, 0.717) is 36.9 Å². The lowest BCUT2D eigenvalue weighted by Crippen LogP contribution is -2.48. The highest BCUT2D eigenvalue weighted by molar-refractivity contribution is 5.96. The molecule has 0 unspecified atom stereocenters. The third kappa shape index (κ3) is 6.10. The monoisotopic (exact) mass is 500 g/mol. The molecule has 0 saturated heterocycles. The van der Waals surface area contributed by atoms with Gasteiger partial charge in [0.25, 0.3) is 0 Å². The summed E-state index contributed by atoms with van der Waals surface area (Å²) in [6.45, 7) is 4.97. The average Bonchev–Trinajstić information content (AvgIpc) is 3.70. The first-order valence-electron chi connectivity index (χ1n) is 13.9. The highest BCUT2D eigenvalue weighted by atomic mass is 16.5. The van der Waals surface area contributed by atoms with Crippen LogP contribution in [0.2, 0.25) is 0 Å². The van der Waals surface area contributed by atoms with Crippen LogP contribution in [0.3, 0.4) is 0 Å². The molecule has 3 saturated carbocycles. The van der Waals surface area contributed by atoms with Crippen LogP contribution in [0.4, 0.5) is 5.82 Å². The van der Waals surface area contributed by atoms with E-state index in [1.54, 1.807) is 25.3 Å². The number of ketones is 1. The summed E-state index contributed by atoms with van der Waals surface area (Å²) < 4.78 is 10.9. The van der Waals surface area contributed by atoms with Gasteiger partial charge in [0.1, 0.15) is 17.4 Å². The highest BCUT2D eigenvalue weighted by Crippen LogP contribution is 2.40. The van der Waals surface area contributed by atoms with Crippen molar-refractivity contribution in [2.24, 2.45) is 23.7 Å². The SMILES string of the molecule is COCC1CCC(CC(=O)[C@@H]2CCC[C@H](C(=O)N(c3cc(OC)c(C(C)C)cn3)C3CC3)[C@@H]2O)CC1. The molecule has 7 heteroatoms. The number of aliphatic hydroxyl groups is 1. The fraction of sp³-hybridized carbons (Fsp3) is 0.759. The number of hydrogen-bond donors (Lipinski definition) is 1. The summed E-state index contributed by atoms with van der Waals surface area (Å²) in [6.07, 6.45) is 9.59. The normalized spacial score (nSPS) is 28.7. The third-order valence-corrected chi connectivity index (χ3v) is 8.56. The largest absolute Gasteiger partial charge is 0.496 e. The van der Waals surface area contributed by atoms with Crippen molar-refractivity contribution in [1.82, 2.24) is 4.98 Å². The van der Waals surface area contributed by atoms with Crippen molar-refractivity contribution in [3.63, 3.8) is 0 Å². The van der Waals surface area contributed by atoms with Crippen LogP contribution in [-0.2, 0) is 14.3 Å². The number of pyridine rings is 1. The molecule has 3 aliphatic rings. The molecule has 1 aromatic heterocycles. The Morgan fingerprint density at radius 3 is 2.31 bits per heavy atom. The van der Waals surface area contributed by atoms with E-state index in [4.69, 9.17) is 9.47 Å². The van der Waals surface area contributed by atoms with Gasteiger partial charge < -0.3 is 14.6 Å². The Morgan fingerprint density at radius 1 is 1.03 bits per heavy atom. The number of anilines is 1. The van der Waals surface area contributed by atoms with E-state index >= 15 is 0 Å². The first-order chi connectivity index (χ1) is 17.3. The molecule has 0 radical (unpaired) electrons. The number of carbonyl (C=O) groups excluding carboxylic acids is 2. The van der Waals surface area contributed by atoms with Gasteiger partial charge in [-0.15, -0.1) is 0 Å². The minimum Gasteiger partial charge on any atom is -0.496 e. The summed E-state index contributed by atoms with van der Waals surface area (Å²) in [7, 11) is 3.38. The Morgan fingerprint density at radius 2 is 1.69 bits per heavy atom. The molecule has 7 nitrogen and oxygen atoms in total. The zero-order valence-corrected chi connectivity index (χ0v) is 22.4. The van der Waals surface area contributed by atoms with Gasteiger partial charge in [0.2, 0.25) is 5.91 Å². The minimum absolute atomic E-state index is 0.102. The molecule has 4 rings (SSSR count). The fourth-order valence-electron chi connectivity index (χ4n) is 6.25. The second-order valence-electron chi connectivity index (χ2n) is 11.5. The van der Waals surface area contributed by atoms with Gasteiger partial charge >= 0.3 is 0 Å². The molecule has 200 valence electrons. The Kier molecular flexibility index (Phi) is 9.05. The summed E-state index contributed by atoms with van der Waals surface area (Å²) in [5, 5.41) is 11.3. The van der Waals surface area contributed by atoms with E-state index < -0.39 is 17.9 Å². The van der Waals surface area contributed by atoms with Gasteiger partial charge in [-0.3, -0.25) is 14.5 Å². The molecular formula is C29H44N2O5. The van der Waals surface area contributed by atoms with Crippen molar-refractivity contribution in [2.75, 3.05) is 25.7 Å². The number of Topliss-reactive ketones (excluding diaryl/α,β-unsaturated/α-hetero) is 1. The van der Waals surface area contributed by atoms with Gasteiger partial charge in [0.05, 0.1) is 19.1 Å². The third-order valence-electron chi connectivity index (χ3n) is 8.56. The zero-order valence-electron chi connectivity index (χ0n) is 22.4. The van der Waals surface area contributed by atoms with E-state index in [1.165, 1.54) is 0 Å². The number of rotatable bonds is 10. The van der Waals surface area contributed by atoms with Gasteiger partial charge in [-0.1, -0.05) is 20.3 Å². The van der Waals surface area contributed by atoms with Crippen molar-refractivity contribution < 1.29 is 24.2 Å². The van der Waals surface area contributed by atoms with Crippen molar-refractivity contribution in [3.8, 4) is 5.75 Å². The Bertz CT molecular complexity index is 907. The predicted octanol–water partition coefficient (Wildman–Crippen LogP) is 4.90. The van der Waals surface area contributed by atoms with Crippen molar-refractivity contribution in [2.45, 2.75) is 96.1 Å². The van der Waals surface area contributed by atoms with Crippen LogP contribution in [0.15, 0.2) is 12.3 Å². The van der Waals surface area contributed by atoms with Crippen LogP contribution in [0.5, 0.6) is 5.75 Å². The molecule has 3 atom stereocenters. The van der Waals surface area contributed by atoms with Crippen LogP contribution in [0, 0.1) is 23.7 Å². The minimum atomic E-state index is -0.929. The summed E-state index contributed by atoms with van der Waals surface area (Å²) in [6, 6.07) is 1.95. The lowest BCUT2D eigenvalue weighted by molar-refractivity contribution is -0.137. The first-order valence-corrected chi connectivity index (χ1v) is 13.9. The molecule has 0 aliphatic heterocycles. The number of carbonyl (C=O) groups is 2. The lowest BCUT2D eigenvalue weighted by atomic mass is 9.72. The molecule has 3 aliphatic carbocycles. The van der Waals surface area contributed by atoms with E-state index in [-0.39, 0.29) is 23.7 Å². The molecule has 0 spiro atoms. The molecular weight excluding hydrogens is 456 g/mol. The van der Waals surface area contributed by atoms with Gasteiger partial charge in [-0.25, -0.2) is 4.98 Å². The summed E-state index contributed by atoms with van der Waals surface area (Å²) in [4.78, 5) is 33.5. The maximum Gasteiger partial charge on any atom is 0.234 e. The van der Waals surface area contributed by atoms with Crippen LogP contribution in [-0.4, -0.2) is 54.8 Å². The molecule has 0 aromatic carbocycles. The Hall–Kier alpha value is -1.99. The molecule has 1 aromatic rings. The molecule has 36 heavy (non-hydrogen) atoms. The Balaban J connectivity index is 1.44. The fourth-order valence-corrected chi connectivity index (χ4v) is 6.25. The van der Waals surface area contributed by atoms with Crippen LogP contribution >= 0.6 is 0 Å². The molecule has 0 bridgehead atoms. The zero-order chi connectivity index (χ0) is 25.8. The second kappa shape index (κ2) is 12.0. The maximum atomic E-state index is 13.8. The van der Waals surface area contributed by atoms with Crippen LogP contribution in [0.1, 0.15) is 89.5 Å². The lowest BCUT2D eigenvalue weighted by Gasteiger charge is -2.37. The topological polar surface area (TPSA) is 89.0 Å². The quantitative estimate of drug-likeness (QED) is 0.492. The molecule has 1 amide bonds. The second-order valence-corrected chi connectivity index (χ2v) is 11.5. The standard InChI is InChI=1S/C29H44N2O5/c1-18(2)24-16-30-27(15-26(24)36-4)31(21-12-13-21)29(34)23-7-5-6-22(28(23)33)25(32)14-19-8-10-20(11-9-19)17-35-3/h15-16,18-23,28,33H,5-14,17H2,1-4H3/t19?,20?,22-,23-,28+/m0/s1. The van der Waals surface area contributed by atoms with Crippen molar-refractivity contribution in [3.05, 3.63) is 17.8 Å². The number of aliphatic hydroxyl groups excluding tert-OH is 1. The molecule has 1 N–H and O–H groups in total. The number of hydrogen-bond acceptors (Lipinski definition) is 6. The van der Waals surface area contributed by atoms with E-state index in [0.717, 1.165) is 62.9 Å². The van der Waals surface area contributed by atoms with Gasteiger partial charge in [-0.05, 0) is 69.1 Å². The summed E-state index contributed by atoms with van der Waals surface area (Å²) in [5.74, 6) is 1.56. The van der Waals surface area contributed by atoms with E-state index in [1.807, 2.05) is 6.07 Å². The number of nitrogens with zero attached hydrogens (tertiary/aromatic N) is 2. The maximum absolute atomic E-state index is 13.8. The van der Waals surface area contributed by atoms with Gasteiger partial charge in [0.15, 0.2) is 0 Å². The van der Waals surface area contributed by atoms with E-state index in [9.17, 15) is 14.7 Å². The van der Waals surface area contributed by atoms with Crippen molar-refractivity contribution in [1.29, 1.82) is 0 Å². The average molecular weight is 501 g/mol.